The van der Waals surface area contributed by atoms with Gasteiger partial charge in [0.1, 0.15) is 0 Å². The summed E-state index contributed by atoms with van der Waals surface area (Å²) in [6, 6.07) is 4.18. The molecule has 1 unspecified atom stereocenters. The Hall–Kier alpha value is -0.410. The molecule has 1 aromatic heterocycles. The Morgan fingerprint density at radius 3 is 3.00 bits per heavy atom. The van der Waals surface area contributed by atoms with Crippen LogP contribution in [0.5, 0.6) is 0 Å². The Kier molecular flexibility index (Phi) is 4.36. The van der Waals surface area contributed by atoms with Crippen molar-refractivity contribution in [2.75, 3.05) is 13.1 Å². The first kappa shape index (κ1) is 12.1. The third kappa shape index (κ3) is 3.56. The van der Waals surface area contributed by atoms with Crippen molar-refractivity contribution in [3.63, 3.8) is 0 Å². The zero-order valence-corrected chi connectivity index (χ0v) is 11.4. The number of likely N-dealkylation sites (tertiary alicyclic amines) is 1. The van der Waals surface area contributed by atoms with Crippen LogP contribution in [0.4, 0.5) is 0 Å². The van der Waals surface area contributed by atoms with Gasteiger partial charge in [0.25, 0.3) is 0 Å². The second kappa shape index (κ2) is 5.78. The monoisotopic (exact) mass is 282 g/mol. The van der Waals surface area contributed by atoms with Crippen molar-refractivity contribution in [1.82, 2.24) is 9.88 Å². The lowest BCUT2D eigenvalue weighted by Crippen LogP contribution is -2.24. The minimum absolute atomic E-state index is 0.892. The van der Waals surface area contributed by atoms with Gasteiger partial charge >= 0.3 is 0 Å². The fourth-order valence-electron chi connectivity index (χ4n) is 2.21. The first-order chi connectivity index (χ1) is 7.74. The molecule has 0 aromatic carbocycles. The van der Waals surface area contributed by atoms with Gasteiger partial charge in [0.2, 0.25) is 0 Å². The van der Waals surface area contributed by atoms with Crippen LogP contribution in [0.1, 0.15) is 31.9 Å². The summed E-state index contributed by atoms with van der Waals surface area (Å²) in [5.74, 6) is 0.892. The van der Waals surface area contributed by atoms with E-state index in [9.17, 15) is 0 Å². The molecule has 1 aliphatic heterocycles. The number of hydrogen-bond donors (Lipinski definition) is 0. The molecule has 2 heterocycles. The molecular weight excluding hydrogens is 264 g/mol. The number of nitrogens with zero attached hydrogens (tertiary/aromatic N) is 2. The van der Waals surface area contributed by atoms with Crippen molar-refractivity contribution < 1.29 is 0 Å². The Morgan fingerprint density at radius 1 is 1.38 bits per heavy atom. The van der Waals surface area contributed by atoms with Gasteiger partial charge in [-0.2, -0.15) is 0 Å². The van der Waals surface area contributed by atoms with E-state index in [1.807, 2.05) is 6.20 Å². The highest BCUT2D eigenvalue weighted by atomic mass is 79.9. The molecule has 1 fully saturated rings. The van der Waals surface area contributed by atoms with Crippen molar-refractivity contribution >= 4 is 15.9 Å². The number of halogens is 1. The molecule has 16 heavy (non-hydrogen) atoms. The van der Waals surface area contributed by atoms with E-state index in [1.165, 1.54) is 38.0 Å². The summed E-state index contributed by atoms with van der Waals surface area (Å²) in [6.45, 7) is 5.81. The van der Waals surface area contributed by atoms with E-state index in [0.717, 1.165) is 16.9 Å². The largest absolute Gasteiger partial charge is 0.298 e. The Balaban J connectivity index is 1.91. The highest BCUT2D eigenvalue weighted by Gasteiger charge is 2.13. The molecule has 0 aliphatic carbocycles. The highest BCUT2D eigenvalue weighted by molar-refractivity contribution is 9.10. The van der Waals surface area contributed by atoms with Gasteiger partial charge in [0, 0.05) is 17.2 Å². The van der Waals surface area contributed by atoms with Crippen molar-refractivity contribution in [1.29, 1.82) is 0 Å². The molecule has 0 radical (unpaired) electrons. The summed E-state index contributed by atoms with van der Waals surface area (Å²) in [5.41, 5.74) is 1.18. The molecule has 0 saturated carbocycles. The summed E-state index contributed by atoms with van der Waals surface area (Å²) in [4.78, 5) is 6.96. The summed E-state index contributed by atoms with van der Waals surface area (Å²) in [5, 5.41) is 0. The average molecular weight is 283 g/mol. The Labute approximate surface area is 106 Å². The number of pyridine rings is 1. The van der Waals surface area contributed by atoms with Crippen LogP contribution in [0.3, 0.4) is 0 Å². The first-order valence-corrected chi connectivity index (χ1v) is 6.86. The lowest BCUT2D eigenvalue weighted by atomic mass is 10.0. The van der Waals surface area contributed by atoms with E-state index >= 15 is 0 Å². The number of aromatic nitrogens is 1. The van der Waals surface area contributed by atoms with E-state index in [2.05, 4.69) is 44.9 Å². The topological polar surface area (TPSA) is 16.1 Å². The molecule has 2 nitrogen and oxygen atoms in total. The first-order valence-electron chi connectivity index (χ1n) is 6.07. The van der Waals surface area contributed by atoms with Gasteiger partial charge in [-0.1, -0.05) is 6.92 Å². The summed E-state index contributed by atoms with van der Waals surface area (Å²) >= 11 is 3.41. The normalized spacial score (nSPS) is 23.0. The maximum Gasteiger partial charge on any atom is 0.0544 e. The molecule has 1 atom stereocenters. The second-order valence-electron chi connectivity index (χ2n) is 4.78. The smallest absolute Gasteiger partial charge is 0.0544 e. The van der Waals surface area contributed by atoms with Gasteiger partial charge in [-0.25, -0.2) is 0 Å². The molecule has 0 spiro atoms. The predicted octanol–water partition coefficient (Wildman–Crippen LogP) is 3.47. The van der Waals surface area contributed by atoms with E-state index in [4.69, 9.17) is 0 Å². The minimum atomic E-state index is 0.892. The molecule has 2 rings (SSSR count). The Bertz CT molecular complexity index is 323. The van der Waals surface area contributed by atoms with Crippen LogP contribution in [0.25, 0.3) is 0 Å². The Morgan fingerprint density at radius 2 is 2.25 bits per heavy atom. The molecule has 88 valence electrons. The van der Waals surface area contributed by atoms with E-state index in [1.54, 1.807) is 0 Å². The van der Waals surface area contributed by atoms with Crippen molar-refractivity contribution in [2.24, 2.45) is 5.92 Å². The number of hydrogen-bond acceptors (Lipinski definition) is 2. The van der Waals surface area contributed by atoms with E-state index in [0.29, 0.717) is 0 Å². The van der Waals surface area contributed by atoms with Gasteiger partial charge < -0.3 is 0 Å². The lowest BCUT2D eigenvalue weighted by Gasteiger charge is -2.19. The second-order valence-corrected chi connectivity index (χ2v) is 5.70. The molecule has 1 aliphatic rings. The standard InChI is InChI=1S/C13H19BrN2/c1-11-3-2-7-16(8-6-11)10-13-5-4-12(14)9-15-13/h4-5,9,11H,2-3,6-8,10H2,1H3. The van der Waals surface area contributed by atoms with Crippen LogP contribution >= 0.6 is 15.9 Å². The van der Waals surface area contributed by atoms with Crippen LogP contribution in [0.2, 0.25) is 0 Å². The SMILES string of the molecule is CC1CCCN(Cc2ccc(Br)cn2)CC1. The zero-order chi connectivity index (χ0) is 11.4. The average Bonchev–Trinajstić information content (AvgIpc) is 2.47. The van der Waals surface area contributed by atoms with Crippen LogP contribution < -0.4 is 0 Å². The van der Waals surface area contributed by atoms with Crippen LogP contribution in [-0.4, -0.2) is 23.0 Å². The minimum Gasteiger partial charge on any atom is -0.298 e. The molecule has 0 N–H and O–H groups in total. The molecule has 1 aromatic rings. The zero-order valence-electron chi connectivity index (χ0n) is 9.82. The maximum absolute atomic E-state index is 4.43. The lowest BCUT2D eigenvalue weighted by molar-refractivity contribution is 0.270. The van der Waals surface area contributed by atoms with Crippen molar-refractivity contribution in [2.45, 2.75) is 32.7 Å². The predicted molar refractivity (Wildman–Crippen MR) is 70.2 cm³/mol. The fraction of sp³-hybridized carbons (Fsp3) is 0.615. The van der Waals surface area contributed by atoms with Crippen molar-refractivity contribution in [3.8, 4) is 0 Å². The highest BCUT2D eigenvalue weighted by Crippen LogP contribution is 2.18. The third-order valence-corrected chi connectivity index (χ3v) is 3.75. The van der Waals surface area contributed by atoms with E-state index in [-0.39, 0.29) is 0 Å². The van der Waals surface area contributed by atoms with Gasteiger partial charge in [0.05, 0.1) is 5.69 Å². The van der Waals surface area contributed by atoms with Crippen LogP contribution in [-0.2, 0) is 6.54 Å². The van der Waals surface area contributed by atoms with E-state index < -0.39 is 0 Å². The molecule has 0 bridgehead atoms. The molecule has 0 amide bonds. The maximum atomic E-state index is 4.43. The van der Waals surface area contributed by atoms with Gasteiger partial charge in [-0.3, -0.25) is 9.88 Å². The van der Waals surface area contributed by atoms with Gasteiger partial charge in [0.15, 0.2) is 0 Å². The van der Waals surface area contributed by atoms with Crippen LogP contribution in [0, 0.1) is 5.92 Å². The summed E-state index contributed by atoms with van der Waals surface area (Å²) in [6.07, 6.45) is 5.92. The quantitative estimate of drug-likeness (QED) is 0.826. The summed E-state index contributed by atoms with van der Waals surface area (Å²) < 4.78 is 1.06. The fourth-order valence-corrected chi connectivity index (χ4v) is 2.44. The van der Waals surface area contributed by atoms with Gasteiger partial charge in [-0.15, -0.1) is 0 Å². The molecule has 1 saturated heterocycles. The third-order valence-electron chi connectivity index (χ3n) is 3.28. The number of rotatable bonds is 2. The van der Waals surface area contributed by atoms with Crippen molar-refractivity contribution in [3.05, 3.63) is 28.5 Å². The van der Waals surface area contributed by atoms with Crippen LogP contribution in [0.15, 0.2) is 22.8 Å². The van der Waals surface area contributed by atoms with Gasteiger partial charge in [-0.05, 0) is 66.3 Å². The summed E-state index contributed by atoms with van der Waals surface area (Å²) in [7, 11) is 0. The molecular formula is C13H19BrN2. The molecule has 3 heteroatoms.